The van der Waals surface area contributed by atoms with Crippen LogP contribution in [0.1, 0.15) is 18.2 Å². The first-order valence-corrected chi connectivity index (χ1v) is 6.85. The van der Waals surface area contributed by atoms with Gasteiger partial charge in [-0.2, -0.15) is 5.10 Å². The number of hydrogen-bond donors (Lipinski definition) is 2. The van der Waals surface area contributed by atoms with Gasteiger partial charge in [0.2, 0.25) is 0 Å². The largest absolute Gasteiger partial charge is 0.494 e. The Morgan fingerprint density at radius 3 is 2.86 bits per heavy atom. The van der Waals surface area contributed by atoms with E-state index < -0.39 is 0 Å². The molecule has 0 bridgehead atoms. The van der Waals surface area contributed by atoms with Crippen molar-refractivity contribution in [1.82, 2.24) is 15.1 Å². The number of rotatable bonds is 5. The van der Waals surface area contributed by atoms with Gasteiger partial charge < -0.3 is 10.1 Å². The van der Waals surface area contributed by atoms with Crippen LogP contribution >= 0.6 is 0 Å². The van der Waals surface area contributed by atoms with Gasteiger partial charge >= 0.3 is 6.03 Å². The minimum absolute atomic E-state index is 0.264. The van der Waals surface area contributed by atoms with Crippen LogP contribution in [-0.4, -0.2) is 22.4 Å². The van der Waals surface area contributed by atoms with Crippen molar-refractivity contribution in [1.29, 1.82) is 0 Å². The SMILES string of the molecule is CCOc1cccc(CNC(=O)Nc2cc(C)nn2C)c1. The van der Waals surface area contributed by atoms with Crippen LogP contribution in [0.3, 0.4) is 0 Å². The monoisotopic (exact) mass is 288 g/mol. The second-order valence-corrected chi connectivity index (χ2v) is 4.68. The summed E-state index contributed by atoms with van der Waals surface area (Å²) in [7, 11) is 1.79. The zero-order valence-electron chi connectivity index (χ0n) is 12.5. The highest BCUT2D eigenvalue weighted by Crippen LogP contribution is 2.13. The summed E-state index contributed by atoms with van der Waals surface area (Å²) in [6.45, 7) is 4.87. The molecule has 0 saturated carbocycles. The molecule has 2 N–H and O–H groups in total. The summed E-state index contributed by atoms with van der Waals surface area (Å²) in [6, 6.07) is 9.21. The van der Waals surface area contributed by atoms with Gasteiger partial charge in [-0.15, -0.1) is 0 Å². The molecule has 2 rings (SSSR count). The van der Waals surface area contributed by atoms with Crippen LogP contribution < -0.4 is 15.4 Å². The fourth-order valence-corrected chi connectivity index (χ4v) is 1.98. The molecule has 0 saturated heterocycles. The number of ether oxygens (including phenoxy) is 1. The number of urea groups is 1. The van der Waals surface area contributed by atoms with Crippen LogP contribution in [0.5, 0.6) is 5.75 Å². The summed E-state index contributed by atoms with van der Waals surface area (Å²) < 4.78 is 7.06. The molecule has 1 heterocycles. The number of anilines is 1. The van der Waals surface area contributed by atoms with E-state index in [1.165, 1.54) is 0 Å². The van der Waals surface area contributed by atoms with E-state index in [2.05, 4.69) is 15.7 Å². The lowest BCUT2D eigenvalue weighted by Crippen LogP contribution is -2.29. The molecule has 0 fully saturated rings. The van der Waals surface area contributed by atoms with E-state index in [0.29, 0.717) is 19.0 Å². The lowest BCUT2D eigenvalue weighted by Gasteiger charge is -2.09. The first kappa shape index (κ1) is 14.9. The Labute approximate surface area is 124 Å². The van der Waals surface area contributed by atoms with Crippen molar-refractivity contribution in [3.05, 3.63) is 41.6 Å². The predicted molar refractivity (Wildman–Crippen MR) is 81.4 cm³/mol. The third-order valence-electron chi connectivity index (χ3n) is 2.91. The van der Waals surface area contributed by atoms with E-state index in [1.54, 1.807) is 11.7 Å². The number of benzene rings is 1. The first-order valence-electron chi connectivity index (χ1n) is 6.85. The Balaban J connectivity index is 1.89. The smallest absolute Gasteiger partial charge is 0.320 e. The molecular formula is C15H20N4O2. The number of carbonyl (C=O) groups is 1. The molecule has 0 aliphatic carbocycles. The predicted octanol–water partition coefficient (Wildman–Crippen LogP) is 2.45. The Bertz CT molecular complexity index is 622. The lowest BCUT2D eigenvalue weighted by atomic mass is 10.2. The van der Waals surface area contributed by atoms with E-state index >= 15 is 0 Å². The summed E-state index contributed by atoms with van der Waals surface area (Å²) in [5.41, 5.74) is 1.84. The number of nitrogens with one attached hydrogen (secondary N) is 2. The van der Waals surface area contributed by atoms with Crippen LogP contribution in [0, 0.1) is 6.92 Å². The number of aryl methyl sites for hydroxylation is 2. The van der Waals surface area contributed by atoms with Crippen LogP contribution in [0.25, 0.3) is 0 Å². The van der Waals surface area contributed by atoms with Crippen molar-refractivity contribution in [2.45, 2.75) is 20.4 Å². The molecule has 1 aromatic heterocycles. The summed E-state index contributed by atoms with van der Waals surface area (Å²) in [5, 5.41) is 9.74. The molecule has 0 spiro atoms. The van der Waals surface area contributed by atoms with Gasteiger partial charge in [-0.3, -0.25) is 10.00 Å². The minimum Gasteiger partial charge on any atom is -0.494 e. The summed E-state index contributed by atoms with van der Waals surface area (Å²) in [4.78, 5) is 11.9. The Kier molecular flexibility index (Phi) is 4.81. The standard InChI is InChI=1S/C15H20N4O2/c1-4-21-13-7-5-6-12(9-13)10-16-15(20)17-14-8-11(2)18-19(14)3/h5-9H,4,10H2,1-3H3,(H2,16,17,20). The number of hydrogen-bond acceptors (Lipinski definition) is 3. The van der Waals surface area contributed by atoms with Crippen molar-refractivity contribution in [3.8, 4) is 5.75 Å². The molecule has 0 unspecified atom stereocenters. The van der Waals surface area contributed by atoms with Crippen LogP contribution in [0.15, 0.2) is 30.3 Å². The maximum Gasteiger partial charge on any atom is 0.320 e. The van der Waals surface area contributed by atoms with Gasteiger partial charge in [0.15, 0.2) is 0 Å². The average Bonchev–Trinajstić information content (AvgIpc) is 2.75. The molecule has 0 aliphatic rings. The molecule has 1 aromatic carbocycles. The van der Waals surface area contributed by atoms with Gasteiger partial charge in [-0.25, -0.2) is 4.79 Å². The summed E-state index contributed by atoms with van der Waals surface area (Å²) >= 11 is 0. The highest BCUT2D eigenvalue weighted by Gasteiger charge is 2.06. The van der Waals surface area contributed by atoms with Crippen molar-refractivity contribution in [2.75, 3.05) is 11.9 Å². The van der Waals surface area contributed by atoms with Crippen molar-refractivity contribution < 1.29 is 9.53 Å². The zero-order valence-corrected chi connectivity index (χ0v) is 12.5. The number of nitrogens with zero attached hydrogens (tertiary/aromatic N) is 2. The molecule has 2 aromatic rings. The quantitative estimate of drug-likeness (QED) is 0.888. The summed E-state index contributed by atoms with van der Waals surface area (Å²) in [5.74, 6) is 1.47. The molecule has 6 heteroatoms. The number of aromatic nitrogens is 2. The van der Waals surface area contributed by atoms with E-state index in [1.807, 2.05) is 44.2 Å². The van der Waals surface area contributed by atoms with E-state index in [4.69, 9.17) is 4.74 Å². The Hall–Kier alpha value is -2.50. The fraction of sp³-hybridized carbons (Fsp3) is 0.333. The lowest BCUT2D eigenvalue weighted by molar-refractivity contribution is 0.251. The van der Waals surface area contributed by atoms with Gasteiger partial charge in [0.25, 0.3) is 0 Å². The minimum atomic E-state index is -0.264. The third kappa shape index (κ3) is 4.24. The van der Waals surface area contributed by atoms with Crippen molar-refractivity contribution >= 4 is 11.8 Å². The Morgan fingerprint density at radius 1 is 1.38 bits per heavy atom. The van der Waals surface area contributed by atoms with Gasteiger partial charge in [0.1, 0.15) is 11.6 Å². The molecule has 0 radical (unpaired) electrons. The summed E-state index contributed by atoms with van der Waals surface area (Å²) in [6.07, 6.45) is 0. The highest BCUT2D eigenvalue weighted by atomic mass is 16.5. The second-order valence-electron chi connectivity index (χ2n) is 4.68. The first-order chi connectivity index (χ1) is 10.1. The third-order valence-corrected chi connectivity index (χ3v) is 2.91. The fourth-order valence-electron chi connectivity index (χ4n) is 1.98. The van der Waals surface area contributed by atoms with Gasteiger partial charge in [0, 0.05) is 19.7 Å². The molecule has 112 valence electrons. The number of amides is 2. The second kappa shape index (κ2) is 6.78. The van der Waals surface area contributed by atoms with Crippen molar-refractivity contribution in [2.24, 2.45) is 7.05 Å². The molecular weight excluding hydrogens is 268 g/mol. The maximum atomic E-state index is 11.9. The molecule has 0 aliphatic heterocycles. The van der Waals surface area contributed by atoms with Gasteiger partial charge in [-0.1, -0.05) is 12.1 Å². The Morgan fingerprint density at radius 2 is 2.19 bits per heavy atom. The topological polar surface area (TPSA) is 68.2 Å². The van der Waals surface area contributed by atoms with Crippen molar-refractivity contribution in [3.63, 3.8) is 0 Å². The molecule has 21 heavy (non-hydrogen) atoms. The maximum absolute atomic E-state index is 11.9. The van der Waals surface area contributed by atoms with Crippen LogP contribution in [-0.2, 0) is 13.6 Å². The molecule has 0 atom stereocenters. The van der Waals surface area contributed by atoms with Crippen LogP contribution in [0.4, 0.5) is 10.6 Å². The van der Waals surface area contributed by atoms with Gasteiger partial charge in [0.05, 0.1) is 12.3 Å². The van der Waals surface area contributed by atoms with E-state index in [0.717, 1.165) is 17.0 Å². The normalized spacial score (nSPS) is 10.2. The molecule has 2 amide bonds. The van der Waals surface area contributed by atoms with E-state index in [9.17, 15) is 4.79 Å². The highest BCUT2D eigenvalue weighted by molar-refractivity contribution is 5.88. The van der Waals surface area contributed by atoms with E-state index in [-0.39, 0.29) is 6.03 Å². The zero-order chi connectivity index (χ0) is 15.2. The van der Waals surface area contributed by atoms with Crippen LogP contribution in [0.2, 0.25) is 0 Å². The van der Waals surface area contributed by atoms with Gasteiger partial charge in [-0.05, 0) is 31.5 Å². The molecule has 6 nitrogen and oxygen atoms in total. The average molecular weight is 288 g/mol. The number of carbonyl (C=O) groups excluding carboxylic acids is 1.